The van der Waals surface area contributed by atoms with Crippen molar-refractivity contribution in [2.45, 2.75) is 26.8 Å². The molecule has 1 unspecified atom stereocenters. The molecule has 1 fully saturated rings. The standard InChI is InChI=1S/C24H21ClN2O4S/c1-12-5-7-15(8-6-12)20-19(21(28)16-9-10-18(31-4)17(25)11-16)22(29)23(30)27(20)24-26-13(2)14(3)32-24/h5-11,20,28H,1-4H3/b21-19+. The lowest BCUT2D eigenvalue weighted by molar-refractivity contribution is -0.132. The number of ether oxygens (including phenoxy) is 1. The van der Waals surface area contributed by atoms with Gasteiger partial charge in [0.05, 0.1) is 29.4 Å². The third-order valence-electron chi connectivity index (χ3n) is 5.49. The molecule has 0 radical (unpaired) electrons. The van der Waals surface area contributed by atoms with Crippen LogP contribution in [0.1, 0.15) is 33.3 Å². The number of benzene rings is 2. The summed E-state index contributed by atoms with van der Waals surface area (Å²) >= 11 is 7.57. The number of thiazole rings is 1. The number of aryl methyl sites for hydroxylation is 3. The lowest BCUT2D eigenvalue weighted by atomic mass is 9.95. The van der Waals surface area contributed by atoms with E-state index in [1.807, 2.05) is 45.0 Å². The van der Waals surface area contributed by atoms with Gasteiger partial charge in [-0.05, 0) is 44.5 Å². The predicted octanol–water partition coefficient (Wildman–Crippen LogP) is 5.36. The molecule has 1 N–H and O–H groups in total. The van der Waals surface area contributed by atoms with E-state index in [0.29, 0.717) is 22.0 Å². The monoisotopic (exact) mass is 468 g/mol. The highest BCUT2D eigenvalue weighted by atomic mass is 35.5. The molecule has 4 rings (SSSR count). The van der Waals surface area contributed by atoms with Crippen molar-refractivity contribution in [1.29, 1.82) is 0 Å². The zero-order chi connectivity index (χ0) is 23.2. The zero-order valence-corrected chi connectivity index (χ0v) is 19.5. The molecule has 6 nitrogen and oxygen atoms in total. The zero-order valence-electron chi connectivity index (χ0n) is 18.0. The van der Waals surface area contributed by atoms with Crippen LogP contribution in [0.3, 0.4) is 0 Å². The number of ketones is 1. The molecule has 1 aliphatic rings. The van der Waals surface area contributed by atoms with E-state index in [4.69, 9.17) is 16.3 Å². The molecule has 1 amide bonds. The van der Waals surface area contributed by atoms with Crippen molar-refractivity contribution in [2.24, 2.45) is 0 Å². The Morgan fingerprint density at radius 1 is 1.12 bits per heavy atom. The first-order chi connectivity index (χ1) is 15.2. The molecular formula is C24H21ClN2O4S. The number of aliphatic hydroxyl groups is 1. The van der Waals surface area contributed by atoms with E-state index in [9.17, 15) is 14.7 Å². The van der Waals surface area contributed by atoms with Crippen molar-refractivity contribution >= 4 is 45.5 Å². The minimum atomic E-state index is -0.818. The summed E-state index contributed by atoms with van der Waals surface area (Å²) in [6, 6.07) is 11.4. The Kier molecular flexibility index (Phi) is 5.79. The molecule has 8 heteroatoms. The van der Waals surface area contributed by atoms with E-state index >= 15 is 0 Å². The predicted molar refractivity (Wildman–Crippen MR) is 126 cm³/mol. The number of anilines is 1. The lowest BCUT2D eigenvalue weighted by Gasteiger charge is -2.23. The summed E-state index contributed by atoms with van der Waals surface area (Å²) in [7, 11) is 1.49. The molecule has 0 bridgehead atoms. The van der Waals surface area contributed by atoms with Gasteiger partial charge >= 0.3 is 5.91 Å². The van der Waals surface area contributed by atoms with Gasteiger partial charge in [-0.2, -0.15) is 0 Å². The second-order valence-electron chi connectivity index (χ2n) is 7.57. The van der Waals surface area contributed by atoms with Crippen molar-refractivity contribution in [3.05, 3.63) is 80.3 Å². The van der Waals surface area contributed by atoms with Crippen molar-refractivity contribution in [2.75, 3.05) is 12.0 Å². The largest absolute Gasteiger partial charge is 0.507 e. The van der Waals surface area contributed by atoms with E-state index < -0.39 is 17.7 Å². The highest BCUT2D eigenvalue weighted by Crippen LogP contribution is 2.44. The summed E-state index contributed by atoms with van der Waals surface area (Å²) in [6.45, 7) is 5.72. The fraction of sp³-hybridized carbons (Fsp3) is 0.208. The average Bonchev–Trinajstić information content (AvgIpc) is 3.23. The van der Waals surface area contributed by atoms with Gasteiger partial charge in [0.1, 0.15) is 11.5 Å². The number of carbonyl (C=O) groups excluding carboxylic acids is 2. The van der Waals surface area contributed by atoms with Gasteiger partial charge < -0.3 is 9.84 Å². The molecule has 3 aromatic rings. The van der Waals surface area contributed by atoms with E-state index in [-0.39, 0.29) is 16.4 Å². The Morgan fingerprint density at radius 2 is 1.81 bits per heavy atom. The molecule has 1 aromatic heterocycles. The number of nitrogens with zero attached hydrogens (tertiary/aromatic N) is 2. The third-order valence-corrected chi connectivity index (χ3v) is 6.85. The molecule has 2 heterocycles. The maximum absolute atomic E-state index is 13.2. The summed E-state index contributed by atoms with van der Waals surface area (Å²) in [5.74, 6) is -1.37. The van der Waals surface area contributed by atoms with Crippen LogP contribution in [0.25, 0.3) is 5.76 Å². The molecule has 0 aliphatic carbocycles. The Morgan fingerprint density at radius 3 is 2.38 bits per heavy atom. The minimum Gasteiger partial charge on any atom is -0.507 e. The van der Waals surface area contributed by atoms with Gasteiger partial charge in [-0.1, -0.05) is 41.4 Å². The number of hydrogen-bond acceptors (Lipinski definition) is 6. The molecule has 2 aromatic carbocycles. The van der Waals surface area contributed by atoms with Crippen LogP contribution in [0.15, 0.2) is 48.0 Å². The summed E-state index contributed by atoms with van der Waals surface area (Å²) in [5, 5.41) is 11.9. The van der Waals surface area contributed by atoms with Crippen LogP contribution >= 0.6 is 22.9 Å². The topological polar surface area (TPSA) is 79.7 Å². The summed E-state index contributed by atoms with van der Waals surface area (Å²) < 4.78 is 5.17. The van der Waals surface area contributed by atoms with E-state index in [1.165, 1.54) is 29.4 Å². The number of Topliss-reactive ketones (excluding diaryl/α,β-unsaturated/α-hetero) is 1. The van der Waals surface area contributed by atoms with E-state index in [0.717, 1.165) is 16.1 Å². The smallest absolute Gasteiger partial charge is 0.301 e. The first-order valence-electron chi connectivity index (χ1n) is 9.88. The van der Waals surface area contributed by atoms with Gasteiger partial charge in [0, 0.05) is 10.4 Å². The van der Waals surface area contributed by atoms with Crippen LogP contribution in [0.2, 0.25) is 5.02 Å². The molecular weight excluding hydrogens is 448 g/mol. The van der Waals surface area contributed by atoms with E-state index in [1.54, 1.807) is 12.1 Å². The highest BCUT2D eigenvalue weighted by Gasteiger charge is 2.48. The van der Waals surface area contributed by atoms with Crippen molar-refractivity contribution in [1.82, 2.24) is 4.98 Å². The first kappa shape index (κ1) is 22.0. The average molecular weight is 469 g/mol. The number of methoxy groups -OCH3 is 1. The number of halogens is 1. The number of aromatic nitrogens is 1. The number of rotatable bonds is 4. The molecule has 164 valence electrons. The van der Waals surface area contributed by atoms with Crippen molar-refractivity contribution in [3.63, 3.8) is 0 Å². The number of amides is 1. The Balaban J connectivity index is 1.94. The molecule has 1 aliphatic heterocycles. The third kappa shape index (κ3) is 3.67. The molecule has 1 atom stereocenters. The molecule has 0 spiro atoms. The fourth-order valence-electron chi connectivity index (χ4n) is 3.62. The SMILES string of the molecule is COc1ccc(/C(O)=C2\C(=O)C(=O)N(c3nc(C)c(C)s3)C2c2ccc(C)cc2)cc1Cl. The minimum absolute atomic E-state index is 0.00871. The second kappa shape index (κ2) is 8.41. The maximum atomic E-state index is 13.2. The summed E-state index contributed by atoms with van der Waals surface area (Å²) in [5.41, 5.74) is 2.83. The molecule has 0 saturated carbocycles. The Hall–Kier alpha value is -3.16. The van der Waals surface area contributed by atoms with Crippen molar-refractivity contribution in [3.8, 4) is 5.75 Å². The second-order valence-corrected chi connectivity index (χ2v) is 9.16. The van der Waals surface area contributed by atoms with Gasteiger partial charge in [-0.25, -0.2) is 4.98 Å². The molecule has 32 heavy (non-hydrogen) atoms. The van der Waals surface area contributed by atoms with Crippen LogP contribution in [-0.2, 0) is 9.59 Å². The maximum Gasteiger partial charge on any atom is 0.301 e. The van der Waals surface area contributed by atoms with Gasteiger partial charge in [-0.3, -0.25) is 14.5 Å². The van der Waals surface area contributed by atoms with Crippen LogP contribution in [0, 0.1) is 20.8 Å². The van der Waals surface area contributed by atoms with Crippen molar-refractivity contribution < 1.29 is 19.4 Å². The normalized spacial score (nSPS) is 17.8. The lowest BCUT2D eigenvalue weighted by Crippen LogP contribution is -2.29. The van der Waals surface area contributed by atoms with Crippen LogP contribution < -0.4 is 9.64 Å². The van der Waals surface area contributed by atoms with E-state index in [2.05, 4.69) is 4.98 Å². The quantitative estimate of drug-likeness (QED) is 0.317. The first-order valence-corrected chi connectivity index (χ1v) is 11.1. The van der Waals surface area contributed by atoms with Gasteiger partial charge in [-0.15, -0.1) is 11.3 Å². The highest BCUT2D eigenvalue weighted by molar-refractivity contribution is 7.16. The fourth-order valence-corrected chi connectivity index (χ4v) is 4.82. The summed E-state index contributed by atoms with van der Waals surface area (Å²) in [4.78, 5) is 33.1. The van der Waals surface area contributed by atoms with Crippen LogP contribution in [0.4, 0.5) is 5.13 Å². The molecule has 1 saturated heterocycles. The number of aliphatic hydroxyl groups excluding tert-OH is 1. The summed E-state index contributed by atoms with van der Waals surface area (Å²) in [6.07, 6.45) is 0. The number of carbonyl (C=O) groups is 2. The van der Waals surface area contributed by atoms with Gasteiger partial charge in [0.15, 0.2) is 5.13 Å². The number of hydrogen-bond donors (Lipinski definition) is 1. The Labute approximate surface area is 194 Å². The van der Waals surface area contributed by atoms with Gasteiger partial charge in [0.25, 0.3) is 5.78 Å². The van der Waals surface area contributed by atoms with Gasteiger partial charge in [0.2, 0.25) is 0 Å². The van der Waals surface area contributed by atoms with Crippen LogP contribution in [-0.4, -0.2) is 28.9 Å². The Bertz CT molecular complexity index is 1240. The van der Waals surface area contributed by atoms with Crippen LogP contribution in [0.5, 0.6) is 5.75 Å².